The lowest BCUT2D eigenvalue weighted by molar-refractivity contribution is -0.131. The minimum absolute atomic E-state index is 0.0949. The minimum Gasteiger partial charge on any atom is -0.508 e. The van der Waals surface area contributed by atoms with Crippen molar-refractivity contribution < 1.29 is 19.4 Å². The Bertz CT molecular complexity index is 565. The number of aliphatic carboxylic acids is 1. The van der Waals surface area contributed by atoms with Gasteiger partial charge in [-0.05, 0) is 41.0 Å². The molecule has 0 bridgehead atoms. The summed E-state index contributed by atoms with van der Waals surface area (Å²) >= 11 is 0. The van der Waals surface area contributed by atoms with Gasteiger partial charge in [-0.2, -0.15) is 0 Å². The molecule has 4 heteroatoms. The van der Waals surface area contributed by atoms with Gasteiger partial charge >= 0.3 is 5.97 Å². The topological polar surface area (TPSA) is 57.5 Å². The van der Waals surface area contributed by atoms with Gasteiger partial charge in [0.2, 0.25) is 0 Å². The number of rotatable bonds is 3. The molecule has 0 heterocycles. The maximum atomic E-state index is 12.9. The summed E-state index contributed by atoms with van der Waals surface area (Å²) in [6.45, 7) is 0. The van der Waals surface area contributed by atoms with Crippen LogP contribution in [0.1, 0.15) is 11.1 Å². The van der Waals surface area contributed by atoms with Crippen LogP contribution in [0.15, 0.2) is 54.6 Å². The Balaban J connectivity index is 2.50. The molecule has 0 aliphatic rings. The van der Waals surface area contributed by atoms with Crippen molar-refractivity contribution in [3.63, 3.8) is 0 Å². The fourth-order valence-electron chi connectivity index (χ4n) is 1.73. The summed E-state index contributed by atoms with van der Waals surface area (Å²) in [6, 6.07) is 11.7. The third kappa shape index (κ3) is 3.19. The maximum Gasteiger partial charge on any atom is 0.328 e. The number of carboxylic acid groups (broad SMARTS) is 1. The molecule has 0 atom stereocenters. The predicted octanol–water partition coefficient (Wildman–Crippen LogP) is 3.05. The molecular weight excluding hydrogens is 247 g/mol. The number of phenols is 1. The molecule has 2 aromatic rings. The highest BCUT2D eigenvalue weighted by atomic mass is 19.1. The zero-order valence-corrected chi connectivity index (χ0v) is 9.88. The highest BCUT2D eigenvalue weighted by Crippen LogP contribution is 2.25. The minimum atomic E-state index is -1.09. The van der Waals surface area contributed by atoms with Crippen LogP contribution in [0.25, 0.3) is 5.57 Å². The Morgan fingerprint density at radius 3 is 1.89 bits per heavy atom. The standard InChI is InChI=1S/C15H11FO3/c16-12-5-1-10(2-6-12)14(9-15(18)19)11-3-7-13(17)8-4-11/h1-9,17H,(H,18,19). The van der Waals surface area contributed by atoms with Gasteiger partial charge in [-0.3, -0.25) is 0 Å². The van der Waals surface area contributed by atoms with Crippen molar-refractivity contribution in [2.75, 3.05) is 0 Å². The van der Waals surface area contributed by atoms with Crippen LogP contribution in [-0.4, -0.2) is 16.2 Å². The van der Waals surface area contributed by atoms with Gasteiger partial charge in [0.15, 0.2) is 0 Å². The van der Waals surface area contributed by atoms with Crippen LogP contribution in [0, 0.1) is 5.82 Å². The number of carboxylic acids is 1. The van der Waals surface area contributed by atoms with E-state index in [-0.39, 0.29) is 11.6 Å². The van der Waals surface area contributed by atoms with Crippen molar-refractivity contribution in [3.8, 4) is 5.75 Å². The Hall–Kier alpha value is -2.62. The van der Waals surface area contributed by atoms with Crippen LogP contribution in [0.3, 0.4) is 0 Å². The van der Waals surface area contributed by atoms with Crippen molar-refractivity contribution in [2.45, 2.75) is 0 Å². The second kappa shape index (κ2) is 5.35. The number of carbonyl (C=O) groups is 1. The van der Waals surface area contributed by atoms with E-state index in [9.17, 15) is 14.3 Å². The van der Waals surface area contributed by atoms with Crippen LogP contribution in [0.2, 0.25) is 0 Å². The summed E-state index contributed by atoms with van der Waals surface area (Å²) in [4.78, 5) is 10.9. The molecule has 0 amide bonds. The second-order valence-corrected chi connectivity index (χ2v) is 3.95. The van der Waals surface area contributed by atoms with Gasteiger partial charge in [-0.1, -0.05) is 24.3 Å². The van der Waals surface area contributed by atoms with Gasteiger partial charge < -0.3 is 10.2 Å². The fourth-order valence-corrected chi connectivity index (χ4v) is 1.73. The summed E-state index contributed by atoms with van der Waals surface area (Å²) in [5, 5.41) is 18.2. The van der Waals surface area contributed by atoms with Crippen LogP contribution >= 0.6 is 0 Å². The first-order valence-corrected chi connectivity index (χ1v) is 5.56. The van der Waals surface area contributed by atoms with Gasteiger partial charge in [0, 0.05) is 6.08 Å². The number of halogens is 1. The summed E-state index contributed by atoms with van der Waals surface area (Å²) in [5.74, 6) is -1.38. The summed E-state index contributed by atoms with van der Waals surface area (Å²) < 4.78 is 12.9. The van der Waals surface area contributed by atoms with Crippen molar-refractivity contribution in [3.05, 3.63) is 71.6 Å². The largest absolute Gasteiger partial charge is 0.508 e. The van der Waals surface area contributed by atoms with Crippen LogP contribution in [0.4, 0.5) is 4.39 Å². The highest BCUT2D eigenvalue weighted by Gasteiger charge is 2.07. The van der Waals surface area contributed by atoms with E-state index in [0.29, 0.717) is 16.7 Å². The molecule has 0 unspecified atom stereocenters. The quantitative estimate of drug-likeness (QED) is 0.832. The SMILES string of the molecule is O=C(O)C=C(c1ccc(O)cc1)c1ccc(F)cc1. The number of benzene rings is 2. The fraction of sp³-hybridized carbons (Fsp3) is 0. The smallest absolute Gasteiger partial charge is 0.328 e. The first-order chi connectivity index (χ1) is 9.06. The van der Waals surface area contributed by atoms with Crippen molar-refractivity contribution >= 4 is 11.5 Å². The lowest BCUT2D eigenvalue weighted by Crippen LogP contribution is -1.94. The molecule has 96 valence electrons. The van der Waals surface area contributed by atoms with Crippen LogP contribution < -0.4 is 0 Å². The second-order valence-electron chi connectivity index (χ2n) is 3.95. The van der Waals surface area contributed by atoms with Gasteiger partial charge in [0.05, 0.1) is 0 Å². The lowest BCUT2D eigenvalue weighted by atomic mass is 9.97. The van der Waals surface area contributed by atoms with E-state index >= 15 is 0 Å². The molecule has 0 radical (unpaired) electrons. The molecule has 19 heavy (non-hydrogen) atoms. The summed E-state index contributed by atoms with van der Waals surface area (Å²) in [7, 11) is 0. The number of phenolic OH excluding ortho intramolecular Hbond substituents is 1. The molecule has 0 aliphatic heterocycles. The van der Waals surface area contributed by atoms with Crippen molar-refractivity contribution in [2.24, 2.45) is 0 Å². The Labute approximate surface area is 109 Å². The van der Waals surface area contributed by atoms with E-state index in [1.165, 1.54) is 36.4 Å². The molecule has 2 N–H and O–H groups in total. The van der Waals surface area contributed by atoms with E-state index in [2.05, 4.69) is 0 Å². The number of hydrogen-bond acceptors (Lipinski definition) is 2. The Morgan fingerprint density at radius 2 is 1.42 bits per heavy atom. The molecule has 0 aliphatic carbocycles. The van der Waals surface area contributed by atoms with Crippen molar-refractivity contribution in [1.29, 1.82) is 0 Å². The van der Waals surface area contributed by atoms with Gasteiger partial charge in [0.1, 0.15) is 11.6 Å². The van der Waals surface area contributed by atoms with E-state index < -0.39 is 5.97 Å². The normalized spacial score (nSPS) is 11.3. The van der Waals surface area contributed by atoms with E-state index in [4.69, 9.17) is 5.11 Å². The zero-order chi connectivity index (χ0) is 13.8. The maximum absolute atomic E-state index is 12.9. The molecule has 0 spiro atoms. The Morgan fingerprint density at radius 1 is 0.947 bits per heavy atom. The lowest BCUT2D eigenvalue weighted by Gasteiger charge is -2.08. The molecule has 2 aromatic carbocycles. The van der Waals surface area contributed by atoms with Gasteiger partial charge in [-0.15, -0.1) is 0 Å². The average Bonchev–Trinajstić information content (AvgIpc) is 2.38. The van der Waals surface area contributed by atoms with E-state index in [1.807, 2.05) is 0 Å². The van der Waals surface area contributed by atoms with Crippen molar-refractivity contribution in [1.82, 2.24) is 0 Å². The molecule has 0 saturated carbocycles. The van der Waals surface area contributed by atoms with Gasteiger partial charge in [-0.25, -0.2) is 9.18 Å². The van der Waals surface area contributed by atoms with E-state index in [0.717, 1.165) is 6.08 Å². The van der Waals surface area contributed by atoms with Crippen LogP contribution in [0.5, 0.6) is 5.75 Å². The summed E-state index contributed by atoms with van der Waals surface area (Å²) in [5.41, 5.74) is 1.67. The highest BCUT2D eigenvalue weighted by molar-refractivity contribution is 5.95. The monoisotopic (exact) mass is 258 g/mol. The van der Waals surface area contributed by atoms with Gasteiger partial charge in [0.25, 0.3) is 0 Å². The molecule has 0 saturated heterocycles. The molecular formula is C15H11FO3. The third-order valence-electron chi connectivity index (χ3n) is 2.60. The summed E-state index contributed by atoms with van der Waals surface area (Å²) in [6.07, 6.45) is 1.06. The first-order valence-electron chi connectivity index (χ1n) is 5.56. The van der Waals surface area contributed by atoms with E-state index in [1.54, 1.807) is 12.1 Å². The molecule has 0 aromatic heterocycles. The Kier molecular flexibility index (Phi) is 3.61. The number of hydrogen-bond donors (Lipinski definition) is 2. The average molecular weight is 258 g/mol. The zero-order valence-electron chi connectivity index (χ0n) is 9.88. The molecule has 3 nitrogen and oxygen atoms in total. The molecule has 0 fully saturated rings. The van der Waals surface area contributed by atoms with Crippen LogP contribution in [-0.2, 0) is 4.79 Å². The first kappa shape index (κ1) is 12.8. The molecule has 2 rings (SSSR count). The number of aromatic hydroxyl groups is 1. The predicted molar refractivity (Wildman–Crippen MR) is 69.2 cm³/mol. The third-order valence-corrected chi connectivity index (χ3v) is 2.60.